The van der Waals surface area contributed by atoms with Crippen molar-refractivity contribution in [1.29, 1.82) is 0 Å². The second-order valence-electron chi connectivity index (χ2n) is 4.71. The molecule has 4 nitrogen and oxygen atoms in total. The molecular formula is C14H18FNO3. The fourth-order valence-electron chi connectivity index (χ4n) is 2.49. The van der Waals surface area contributed by atoms with Crippen LogP contribution >= 0.6 is 0 Å². The van der Waals surface area contributed by atoms with E-state index in [1.54, 1.807) is 0 Å². The van der Waals surface area contributed by atoms with Crippen molar-refractivity contribution in [3.63, 3.8) is 0 Å². The van der Waals surface area contributed by atoms with Gasteiger partial charge in [-0.1, -0.05) is 13.0 Å². The predicted octanol–water partition coefficient (Wildman–Crippen LogP) is 2.75. The Balaban J connectivity index is 2.09. The van der Waals surface area contributed by atoms with Gasteiger partial charge in [0, 0.05) is 19.1 Å². The summed E-state index contributed by atoms with van der Waals surface area (Å²) in [5.74, 6) is -1.37. The minimum absolute atomic E-state index is 0.0352. The number of hydrogen-bond acceptors (Lipinski definition) is 3. The molecule has 19 heavy (non-hydrogen) atoms. The van der Waals surface area contributed by atoms with E-state index in [4.69, 9.17) is 9.84 Å². The number of carboxylic acid groups (broad SMARTS) is 1. The summed E-state index contributed by atoms with van der Waals surface area (Å²) >= 11 is 0. The van der Waals surface area contributed by atoms with Crippen LogP contribution in [0, 0.1) is 11.7 Å². The molecule has 1 aliphatic rings. The number of rotatable bonds is 5. The smallest absolute Gasteiger partial charge is 0.337 e. The molecule has 0 aromatic heterocycles. The molecule has 2 unspecified atom stereocenters. The number of aromatic carboxylic acids is 1. The number of benzene rings is 1. The molecular weight excluding hydrogens is 249 g/mol. The lowest BCUT2D eigenvalue weighted by atomic mass is 9.99. The van der Waals surface area contributed by atoms with Crippen molar-refractivity contribution in [1.82, 2.24) is 0 Å². The Morgan fingerprint density at radius 2 is 2.37 bits per heavy atom. The first kappa shape index (κ1) is 13.8. The Kier molecular flexibility index (Phi) is 4.37. The number of carbonyl (C=O) groups is 1. The van der Waals surface area contributed by atoms with Gasteiger partial charge >= 0.3 is 5.97 Å². The summed E-state index contributed by atoms with van der Waals surface area (Å²) < 4.78 is 19.3. The van der Waals surface area contributed by atoms with Crippen LogP contribution in [0.4, 0.5) is 10.1 Å². The summed E-state index contributed by atoms with van der Waals surface area (Å²) in [4.78, 5) is 11.1. The zero-order valence-corrected chi connectivity index (χ0v) is 10.9. The molecule has 0 saturated carbocycles. The largest absolute Gasteiger partial charge is 0.478 e. The van der Waals surface area contributed by atoms with E-state index in [9.17, 15) is 9.18 Å². The van der Waals surface area contributed by atoms with Gasteiger partial charge in [-0.3, -0.25) is 0 Å². The SMILES string of the molecule is CCC1OCCC1CNc1c(F)cccc1C(=O)O. The van der Waals surface area contributed by atoms with E-state index in [0.29, 0.717) is 19.1 Å². The monoisotopic (exact) mass is 267 g/mol. The summed E-state index contributed by atoms with van der Waals surface area (Å²) in [5, 5.41) is 12.0. The first-order valence-electron chi connectivity index (χ1n) is 6.50. The molecule has 1 fully saturated rings. The summed E-state index contributed by atoms with van der Waals surface area (Å²) in [6, 6.07) is 4.06. The lowest BCUT2D eigenvalue weighted by Crippen LogP contribution is -2.24. The normalized spacial score (nSPS) is 22.4. The second-order valence-corrected chi connectivity index (χ2v) is 4.71. The van der Waals surface area contributed by atoms with Crippen LogP contribution in [0.5, 0.6) is 0 Å². The number of nitrogens with one attached hydrogen (secondary N) is 1. The van der Waals surface area contributed by atoms with Crippen LogP contribution in [-0.4, -0.2) is 30.3 Å². The molecule has 1 heterocycles. The Morgan fingerprint density at radius 3 is 3.05 bits per heavy atom. The number of ether oxygens (including phenoxy) is 1. The highest BCUT2D eigenvalue weighted by Crippen LogP contribution is 2.26. The van der Waals surface area contributed by atoms with Crippen LogP contribution in [0.15, 0.2) is 18.2 Å². The van der Waals surface area contributed by atoms with Gasteiger partial charge < -0.3 is 15.2 Å². The van der Waals surface area contributed by atoms with E-state index in [1.807, 2.05) is 0 Å². The molecule has 0 spiro atoms. The van der Waals surface area contributed by atoms with Crippen LogP contribution in [0.25, 0.3) is 0 Å². The third kappa shape index (κ3) is 3.04. The Hall–Kier alpha value is -1.62. The fourth-order valence-corrected chi connectivity index (χ4v) is 2.49. The minimum Gasteiger partial charge on any atom is -0.478 e. The maximum absolute atomic E-state index is 13.7. The molecule has 5 heteroatoms. The molecule has 1 aromatic rings. The average molecular weight is 267 g/mol. The molecule has 0 radical (unpaired) electrons. The molecule has 2 N–H and O–H groups in total. The number of anilines is 1. The first-order chi connectivity index (χ1) is 9.13. The van der Waals surface area contributed by atoms with Gasteiger partial charge in [0.15, 0.2) is 0 Å². The third-order valence-corrected chi connectivity index (χ3v) is 3.53. The maximum Gasteiger partial charge on any atom is 0.337 e. The Labute approximate surface area is 111 Å². The molecule has 104 valence electrons. The van der Waals surface area contributed by atoms with Crippen molar-refractivity contribution in [3.8, 4) is 0 Å². The lowest BCUT2D eigenvalue weighted by Gasteiger charge is -2.19. The molecule has 0 amide bonds. The maximum atomic E-state index is 13.7. The van der Waals surface area contributed by atoms with Gasteiger partial charge in [-0.25, -0.2) is 9.18 Å². The van der Waals surface area contributed by atoms with E-state index in [1.165, 1.54) is 18.2 Å². The molecule has 1 saturated heterocycles. The minimum atomic E-state index is -1.13. The number of para-hydroxylation sites is 1. The zero-order valence-electron chi connectivity index (χ0n) is 10.9. The first-order valence-corrected chi connectivity index (χ1v) is 6.50. The van der Waals surface area contributed by atoms with Crippen molar-refractivity contribution in [2.75, 3.05) is 18.5 Å². The standard InChI is InChI=1S/C14H18FNO3/c1-2-12-9(6-7-19-12)8-16-13-10(14(17)18)4-3-5-11(13)15/h3-5,9,12,16H,2,6-8H2,1H3,(H,17,18). The van der Waals surface area contributed by atoms with Gasteiger partial charge in [0.1, 0.15) is 5.82 Å². The van der Waals surface area contributed by atoms with Crippen molar-refractivity contribution in [3.05, 3.63) is 29.6 Å². The van der Waals surface area contributed by atoms with Crippen molar-refractivity contribution in [2.45, 2.75) is 25.9 Å². The summed E-state index contributed by atoms with van der Waals surface area (Å²) in [7, 11) is 0. The molecule has 1 aromatic carbocycles. The molecule has 0 bridgehead atoms. The van der Waals surface area contributed by atoms with Crippen LogP contribution in [-0.2, 0) is 4.74 Å². The zero-order chi connectivity index (χ0) is 13.8. The number of halogens is 1. The van der Waals surface area contributed by atoms with E-state index < -0.39 is 11.8 Å². The van der Waals surface area contributed by atoms with Crippen molar-refractivity contribution >= 4 is 11.7 Å². The topological polar surface area (TPSA) is 58.6 Å². The number of carboxylic acids is 1. The predicted molar refractivity (Wildman–Crippen MR) is 70.0 cm³/mol. The van der Waals surface area contributed by atoms with E-state index in [2.05, 4.69) is 12.2 Å². The molecule has 2 rings (SSSR count). The highest BCUT2D eigenvalue weighted by atomic mass is 19.1. The fraction of sp³-hybridized carbons (Fsp3) is 0.500. The van der Waals surface area contributed by atoms with Crippen LogP contribution < -0.4 is 5.32 Å². The van der Waals surface area contributed by atoms with E-state index in [-0.39, 0.29) is 17.4 Å². The van der Waals surface area contributed by atoms with E-state index >= 15 is 0 Å². The van der Waals surface area contributed by atoms with Crippen molar-refractivity contribution in [2.24, 2.45) is 5.92 Å². The number of hydrogen-bond donors (Lipinski definition) is 2. The Bertz CT molecular complexity index is 464. The summed E-state index contributed by atoms with van der Waals surface area (Å²) in [5.41, 5.74) is 0.0312. The van der Waals surface area contributed by atoms with Crippen LogP contribution in [0.1, 0.15) is 30.1 Å². The van der Waals surface area contributed by atoms with E-state index in [0.717, 1.165) is 12.8 Å². The van der Waals surface area contributed by atoms with Gasteiger partial charge in [0.2, 0.25) is 0 Å². The van der Waals surface area contributed by atoms with Gasteiger partial charge in [-0.2, -0.15) is 0 Å². The lowest BCUT2D eigenvalue weighted by molar-refractivity contribution is 0.0697. The van der Waals surface area contributed by atoms with Gasteiger partial charge in [0.05, 0.1) is 17.4 Å². The summed E-state index contributed by atoms with van der Waals surface area (Å²) in [6.45, 7) is 3.29. The van der Waals surface area contributed by atoms with Crippen LogP contribution in [0.3, 0.4) is 0 Å². The second kappa shape index (κ2) is 6.02. The third-order valence-electron chi connectivity index (χ3n) is 3.53. The quantitative estimate of drug-likeness (QED) is 0.861. The van der Waals surface area contributed by atoms with Gasteiger partial charge in [-0.15, -0.1) is 0 Å². The Morgan fingerprint density at radius 1 is 1.58 bits per heavy atom. The molecule has 2 atom stereocenters. The molecule has 0 aliphatic carbocycles. The highest BCUT2D eigenvalue weighted by Gasteiger charge is 2.27. The van der Waals surface area contributed by atoms with Crippen molar-refractivity contribution < 1.29 is 19.0 Å². The molecule has 1 aliphatic heterocycles. The summed E-state index contributed by atoms with van der Waals surface area (Å²) in [6.07, 6.45) is 2.00. The van der Waals surface area contributed by atoms with Gasteiger partial charge in [0.25, 0.3) is 0 Å². The average Bonchev–Trinajstić information content (AvgIpc) is 2.84. The highest BCUT2D eigenvalue weighted by molar-refractivity contribution is 5.94. The van der Waals surface area contributed by atoms with Gasteiger partial charge in [-0.05, 0) is 25.0 Å². The van der Waals surface area contributed by atoms with Crippen LogP contribution in [0.2, 0.25) is 0 Å².